The fraction of sp³-hybridized carbons (Fsp3) is 0.250. The van der Waals surface area contributed by atoms with Gasteiger partial charge >= 0.3 is 6.18 Å². The molecule has 9 heteroatoms. The number of aryl methyl sites for hydroxylation is 2. The van der Waals surface area contributed by atoms with Crippen LogP contribution in [0.4, 0.5) is 17.6 Å². The number of aromatic nitrogens is 4. The average molecular weight is 508 g/mol. The molecule has 0 amide bonds. The Labute approximate surface area is 212 Å². The van der Waals surface area contributed by atoms with Crippen LogP contribution in [-0.2, 0) is 19.1 Å². The second-order valence-corrected chi connectivity index (χ2v) is 9.00. The van der Waals surface area contributed by atoms with Crippen LogP contribution < -0.4 is 0 Å². The minimum absolute atomic E-state index is 0.286. The Morgan fingerprint density at radius 1 is 0.892 bits per heavy atom. The van der Waals surface area contributed by atoms with Crippen molar-refractivity contribution in [2.75, 3.05) is 13.1 Å². The molecule has 0 fully saturated rings. The Hall–Kier alpha value is -3.85. The highest BCUT2D eigenvalue weighted by atomic mass is 19.4. The zero-order valence-electron chi connectivity index (χ0n) is 19.9. The number of tetrazole rings is 1. The number of alkyl halides is 3. The molecule has 4 aromatic rings. The molecule has 190 valence electrons. The van der Waals surface area contributed by atoms with Gasteiger partial charge in [-0.1, -0.05) is 60.7 Å². The van der Waals surface area contributed by atoms with Gasteiger partial charge in [0.15, 0.2) is 5.82 Å². The van der Waals surface area contributed by atoms with Gasteiger partial charge in [0.25, 0.3) is 0 Å². The summed E-state index contributed by atoms with van der Waals surface area (Å²) in [6.45, 7) is 1.72. The van der Waals surface area contributed by atoms with Crippen LogP contribution in [-0.4, -0.2) is 38.2 Å². The Bertz CT molecular complexity index is 1350. The van der Waals surface area contributed by atoms with Crippen molar-refractivity contribution in [3.63, 3.8) is 0 Å². The van der Waals surface area contributed by atoms with E-state index in [0.29, 0.717) is 43.9 Å². The Morgan fingerprint density at radius 3 is 2.27 bits per heavy atom. The summed E-state index contributed by atoms with van der Waals surface area (Å²) < 4.78 is 54.8. The molecular formula is C28H25F4N5. The molecule has 1 aromatic heterocycles. The number of benzene rings is 3. The molecule has 5 rings (SSSR count). The first kappa shape index (κ1) is 24.8. The van der Waals surface area contributed by atoms with Crippen LogP contribution in [0.5, 0.6) is 0 Å². The molecule has 0 N–H and O–H groups in total. The molecule has 1 aliphatic rings. The van der Waals surface area contributed by atoms with Crippen LogP contribution in [0.3, 0.4) is 0 Å². The Kier molecular flexibility index (Phi) is 7.14. The van der Waals surface area contributed by atoms with Gasteiger partial charge in [-0.3, -0.25) is 4.90 Å². The monoisotopic (exact) mass is 507 g/mol. The van der Waals surface area contributed by atoms with Gasteiger partial charge in [0, 0.05) is 19.6 Å². The van der Waals surface area contributed by atoms with Crippen molar-refractivity contribution in [3.05, 3.63) is 119 Å². The van der Waals surface area contributed by atoms with E-state index in [1.807, 2.05) is 30.3 Å². The molecule has 1 atom stereocenters. The molecule has 0 radical (unpaired) electrons. The highest BCUT2D eigenvalue weighted by Crippen LogP contribution is 2.34. The molecule has 0 saturated heterocycles. The summed E-state index contributed by atoms with van der Waals surface area (Å²) in [5.74, 6) is 0.292. The summed E-state index contributed by atoms with van der Waals surface area (Å²) in [5.41, 5.74) is 3.18. The summed E-state index contributed by atoms with van der Waals surface area (Å²) in [6.07, 6.45) is -0.920. The first-order valence-corrected chi connectivity index (χ1v) is 12.0. The van der Waals surface area contributed by atoms with Crippen molar-refractivity contribution in [3.8, 4) is 0 Å². The second-order valence-electron chi connectivity index (χ2n) is 9.00. The van der Waals surface area contributed by atoms with Crippen LogP contribution in [0.2, 0.25) is 0 Å². The molecule has 5 nitrogen and oxygen atoms in total. The van der Waals surface area contributed by atoms with E-state index in [-0.39, 0.29) is 5.82 Å². The van der Waals surface area contributed by atoms with Gasteiger partial charge in [-0.05, 0) is 69.8 Å². The quantitative estimate of drug-likeness (QED) is 0.290. The van der Waals surface area contributed by atoms with Gasteiger partial charge in [0.2, 0.25) is 0 Å². The second kappa shape index (κ2) is 10.6. The van der Waals surface area contributed by atoms with E-state index >= 15 is 0 Å². The summed E-state index contributed by atoms with van der Waals surface area (Å²) in [5, 5.41) is 12.4. The minimum atomic E-state index is -4.41. The average Bonchev–Trinajstić information content (AvgIpc) is 3.37. The van der Waals surface area contributed by atoms with E-state index in [9.17, 15) is 17.6 Å². The first-order valence-electron chi connectivity index (χ1n) is 12.0. The van der Waals surface area contributed by atoms with E-state index in [1.54, 1.807) is 16.8 Å². The minimum Gasteiger partial charge on any atom is -0.286 e. The Balaban J connectivity index is 1.44. The van der Waals surface area contributed by atoms with Crippen molar-refractivity contribution in [2.45, 2.75) is 31.6 Å². The third-order valence-corrected chi connectivity index (χ3v) is 6.63. The molecule has 2 heterocycles. The molecule has 3 aromatic carbocycles. The maximum Gasteiger partial charge on any atom is 0.416 e. The molecule has 0 saturated carbocycles. The number of hydrogen-bond acceptors (Lipinski definition) is 4. The maximum atomic E-state index is 13.4. The maximum absolute atomic E-state index is 13.4. The molecule has 0 spiro atoms. The molecular weight excluding hydrogens is 482 g/mol. The SMILES string of the molecule is Fc1ccc(C2=CCN([C@H](c3ccc(C(F)(F)F)cc3)c3nnnn3CCc3ccccc3)CC2)cc1. The van der Waals surface area contributed by atoms with Crippen molar-refractivity contribution in [1.29, 1.82) is 0 Å². The standard InChI is InChI=1S/C28H25F4N5/c29-25-12-8-21(9-13-25)22-15-17-36(18-16-22)26(23-6-10-24(11-7-23)28(30,31)32)27-33-34-35-37(27)19-14-20-4-2-1-3-5-20/h1-13,15,26H,14,16-19H2/t26-/m1/s1. The summed E-state index contributed by atoms with van der Waals surface area (Å²) in [7, 11) is 0. The van der Waals surface area contributed by atoms with Gasteiger partial charge < -0.3 is 0 Å². The number of nitrogens with zero attached hydrogens (tertiary/aromatic N) is 5. The third kappa shape index (κ3) is 5.77. The highest BCUT2D eigenvalue weighted by Gasteiger charge is 2.33. The molecule has 1 aliphatic heterocycles. The van der Waals surface area contributed by atoms with Gasteiger partial charge in [-0.15, -0.1) is 5.10 Å². The van der Waals surface area contributed by atoms with E-state index in [2.05, 4.69) is 26.5 Å². The van der Waals surface area contributed by atoms with Crippen molar-refractivity contribution < 1.29 is 17.6 Å². The van der Waals surface area contributed by atoms with Crippen molar-refractivity contribution in [1.82, 2.24) is 25.1 Å². The summed E-state index contributed by atoms with van der Waals surface area (Å²) in [6, 6.07) is 21.1. The van der Waals surface area contributed by atoms with Gasteiger partial charge in [-0.25, -0.2) is 9.07 Å². The van der Waals surface area contributed by atoms with E-state index in [1.165, 1.54) is 24.3 Å². The van der Waals surface area contributed by atoms with Crippen LogP contribution >= 0.6 is 0 Å². The zero-order valence-corrected chi connectivity index (χ0v) is 19.9. The third-order valence-electron chi connectivity index (χ3n) is 6.63. The lowest BCUT2D eigenvalue weighted by atomic mass is 9.96. The van der Waals surface area contributed by atoms with E-state index in [0.717, 1.165) is 28.8 Å². The molecule has 0 aliphatic carbocycles. The van der Waals surface area contributed by atoms with Crippen LogP contribution in [0.15, 0.2) is 84.9 Å². The van der Waals surface area contributed by atoms with Crippen LogP contribution in [0.1, 0.15) is 40.5 Å². The fourth-order valence-electron chi connectivity index (χ4n) is 4.67. The van der Waals surface area contributed by atoms with Gasteiger partial charge in [-0.2, -0.15) is 13.2 Å². The zero-order chi connectivity index (χ0) is 25.8. The highest BCUT2D eigenvalue weighted by molar-refractivity contribution is 5.66. The van der Waals surface area contributed by atoms with E-state index in [4.69, 9.17) is 0 Å². The topological polar surface area (TPSA) is 46.8 Å². The molecule has 37 heavy (non-hydrogen) atoms. The number of halogens is 4. The molecule has 0 unspecified atom stereocenters. The predicted molar refractivity (Wildman–Crippen MR) is 132 cm³/mol. The lowest BCUT2D eigenvalue weighted by Gasteiger charge is -2.33. The molecule has 0 bridgehead atoms. The predicted octanol–water partition coefficient (Wildman–Crippen LogP) is 5.95. The number of hydrogen-bond donors (Lipinski definition) is 0. The fourth-order valence-corrected chi connectivity index (χ4v) is 4.67. The summed E-state index contributed by atoms with van der Waals surface area (Å²) >= 11 is 0. The summed E-state index contributed by atoms with van der Waals surface area (Å²) in [4.78, 5) is 2.15. The van der Waals surface area contributed by atoms with Gasteiger partial charge in [0.1, 0.15) is 5.82 Å². The van der Waals surface area contributed by atoms with Crippen molar-refractivity contribution >= 4 is 5.57 Å². The van der Waals surface area contributed by atoms with Crippen molar-refractivity contribution in [2.24, 2.45) is 0 Å². The van der Waals surface area contributed by atoms with Crippen LogP contribution in [0, 0.1) is 5.82 Å². The lowest BCUT2D eigenvalue weighted by molar-refractivity contribution is -0.137. The smallest absolute Gasteiger partial charge is 0.286 e. The Morgan fingerprint density at radius 2 is 1.62 bits per heavy atom. The van der Waals surface area contributed by atoms with Gasteiger partial charge in [0.05, 0.1) is 11.6 Å². The number of rotatable bonds is 7. The van der Waals surface area contributed by atoms with E-state index < -0.39 is 17.8 Å². The first-order chi connectivity index (χ1) is 17.9. The van der Waals surface area contributed by atoms with Crippen LogP contribution in [0.25, 0.3) is 5.57 Å². The normalized spacial score (nSPS) is 15.4. The lowest BCUT2D eigenvalue weighted by Crippen LogP contribution is -2.35. The largest absolute Gasteiger partial charge is 0.416 e.